The van der Waals surface area contributed by atoms with Crippen LogP contribution >= 0.6 is 23.1 Å². The van der Waals surface area contributed by atoms with Crippen molar-refractivity contribution in [2.24, 2.45) is 0 Å². The number of H-pyrrole nitrogens is 1. The van der Waals surface area contributed by atoms with Crippen LogP contribution in [0.4, 0.5) is 0 Å². The van der Waals surface area contributed by atoms with Crippen molar-refractivity contribution >= 4 is 33.3 Å². The molecule has 8 heteroatoms. The predicted octanol–water partition coefficient (Wildman–Crippen LogP) is 3.07. The molecule has 6 nitrogen and oxygen atoms in total. The Hall–Kier alpha value is -1.67. The highest BCUT2D eigenvalue weighted by molar-refractivity contribution is 7.99. The van der Waals surface area contributed by atoms with E-state index in [2.05, 4.69) is 20.2 Å². The highest BCUT2D eigenvalue weighted by atomic mass is 32.2. The highest BCUT2D eigenvalue weighted by Crippen LogP contribution is 2.33. The van der Waals surface area contributed by atoms with Crippen molar-refractivity contribution in [2.45, 2.75) is 44.6 Å². The number of hydrogen-bond acceptors (Lipinski definition) is 6. The van der Waals surface area contributed by atoms with Crippen molar-refractivity contribution in [3.05, 3.63) is 32.9 Å². The third kappa shape index (κ3) is 2.56. The molecule has 116 valence electrons. The molecule has 3 aromatic rings. The van der Waals surface area contributed by atoms with Crippen LogP contribution in [0, 0.1) is 13.8 Å². The van der Waals surface area contributed by atoms with Gasteiger partial charge >= 0.3 is 0 Å². The molecule has 0 amide bonds. The number of fused-ring (bicyclic) bond motifs is 1. The number of rotatable bonds is 4. The van der Waals surface area contributed by atoms with Crippen molar-refractivity contribution in [3.8, 4) is 0 Å². The second-order valence-corrected chi connectivity index (χ2v) is 7.59. The Bertz CT molecular complexity index is 879. The van der Waals surface area contributed by atoms with Gasteiger partial charge in [0.2, 0.25) is 0 Å². The van der Waals surface area contributed by atoms with E-state index >= 15 is 0 Å². The number of thiophene rings is 1. The van der Waals surface area contributed by atoms with Crippen LogP contribution in [0.1, 0.15) is 35.4 Å². The van der Waals surface area contributed by atoms with Gasteiger partial charge in [0.15, 0.2) is 5.16 Å². The molecule has 0 bridgehead atoms. The lowest BCUT2D eigenvalue weighted by Gasteiger charge is -2.10. The van der Waals surface area contributed by atoms with Crippen molar-refractivity contribution in [1.29, 1.82) is 0 Å². The Morgan fingerprint density at radius 1 is 1.45 bits per heavy atom. The van der Waals surface area contributed by atoms with Crippen molar-refractivity contribution in [1.82, 2.24) is 24.7 Å². The highest BCUT2D eigenvalue weighted by Gasteiger charge is 2.17. The predicted molar refractivity (Wildman–Crippen MR) is 89.7 cm³/mol. The van der Waals surface area contributed by atoms with E-state index in [0.717, 1.165) is 27.0 Å². The smallest absolute Gasteiger partial charge is 0.259 e. The fourth-order valence-electron chi connectivity index (χ4n) is 2.23. The molecule has 0 saturated heterocycles. The van der Waals surface area contributed by atoms with E-state index in [1.54, 1.807) is 29.4 Å². The lowest BCUT2D eigenvalue weighted by Crippen LogP contribution is -2.12. The van der Waals surface area contributed by atoms with Gasteiger partial charge in [0.05, 0.1) is 10.6 Å². The molecule has 3 heterocycles. The van der Waals surface area contributed by atoms with E-state index in [9.17, 15) is 4.79 Å². The Kier molecular flexibility index (Phi) is 4.05. The fraction of sp³-hybridized carbons (Fsp3) is 0.429. The van der Waals surface area contributed by atoms with Gasteiger partial charge in [-0.15, -0.1) is 21.5 Å². The van der Waals surface area contributed by atoms with Crippen LogP contribution in [0.15, 0.2) is 16.3 Å². The van der Waals surface area contributed by atoms with Crippen LogP contribution in [0.3, 0.4) is 0 Å². The molecule has 0 saturated carbocycles. The average molecular weight is 335 g/mol. The minimum Gasteiger partial charge on any atom is -0.309 e. The number of aromatic nitrogens is 5. The molecule has 0 radical (unpaired) electrons. The quantitative estimate of drug-likeness (QED) is 0.742. The third-order valence-electron chi connectivity index (χ3n) is 3.65. The maximum atomic E-state index is 12.3. The topological polar surface area (TPSA) is 76.5 Å². The summed E-state index contributed by atoms with van der Waals surface area (Å²) in [6.07, 6.45) is 1.71. The lowest BCUT2D eigenvalue weighted by atomic mass is 10.2. The van der Waals surface area contributed by atoms with E-state index in [-0.39, 0.29) is 10.8 Å². The Morgan fingerprint density at radius 2 is 2.23 bits per heavy atom. The zero-order valence-electron chi connectivity index (χ0n) is 12.9. The van der Waals surface area contributed by atoms with E-state index in [0.29, 0.717) is 11.2 Å². The van der Waals surface area contributed by atoms with Gasteiger partial charge in [-0.25, -0.2) is 4.98 Å². The van der Waals surface area contributed by atoms with Crippen LogP contribution in [0.5, 0.6) is 0 Å². The maximum absolute atomic E-state index is 12.3. The molecule has 0 aromatic carbocycles. The molecule has 1 atom stereocenters. The minimum absolute atomic E-state index is 0.00527. The number of aryl methyl sites for hydroxylation is 3. The monoisotopic (exact) mass is 335 g/mol. The van der Waals surface area contributed by atoms with E-state index in [1.807, 2.05) is 32.3 Å². The van der Waals surface area contributed by atoms with E-state index in [1.165, 1.54) is 0 Å². The van der Waals surface area contributed by atoms with Crippen molar-refractivity contribution in [2.75, 3.05) is 0 Å². The molecular weight excluding hydrogens is 318 g/mol. The normalized spacial score (nSPS) is 12.9. The largest absolute Gasteiger partial charge is 0.309 e. The maximum Gasteiger partial charge on any atom is 0.259 e. The summed E-state index contributed by atoms with van der Waals surface area (Å²) in [5.41, 5.74) is 0.956. The van der Waals surface area contributed by atoms with Crippen LogP contribution in [0.25, 0.3) is 10.2 Å². The van der Waals surface area contributed by atoms with Crippen molar-refractivity contribution < 1.29 is 0 Å². The van der Waals surface area contributed by atoms with Gasteiger partial charge in [0.1, 0.15) is 17.0 Å². The summed E-state index contributed by atoms with van der Waals surface area (Å²) in [4.78, 5) is 21.8. The molecule has 22 heavy (non-hydrogen) atoms. The molecule has 1 N–H and O–H groups in total. The van der Waals surface area contributed by atoms with Gasteiger partial charge < -0.3 is 9.55 Å². The summed E-state index contributed by atoms with van der Waals surface area (Å²) in [5.74, 6) is 0.675. The van der Waals surface area contributed by atoms with Gasteiger partial charge in [-0.1, -0.05) is 11.8 Å². The number of thioether (sulfide) groups is 1. The average Bonchev–Trinajstić information content (AvgIpc) is 3.04. The molecule has 0 aliphatic carbocycles. The van der Waals surface area contributed by atoms with Crippen LogP contribution in [0.2, 0.25) is 0 Å². The number of hydrogen-bond donors (Lipinski definition) is 1. The number of nitrogens with one attached hydrogen (secondary N) is 1. The fourth-order valence-corrected chi connectivity index (χ4v) is 4.21. The molecule has 0 spiro atoms. The second-order valence-electron chi connectivity index (χ2n) is 5.07. The van der Waals surface area contributed by atoms with Gasteiger partial charge in [-0.3, -0.25) is 4.79 Å². The lowest BCUT2D eigenvalue weighted by molar-refractivity contribution is 0.679. The molecule has 0 aliphatic rings. The SMILES string of the molecule is CCn1cnnc1SC(C)c1nc2sc(C)c(C)c2c(=O)[nH]1. The molecule has 3 rings (SSSR count). The summed E-state index contributed by atoms with van der Waals surface area (Å²) in [6, 6.07) is 0. The summed E-state index contributed by atoms with van der Waals surface area (Å²) in [7, 11) is 0. The molecule has 0 fully saturated rings. The summed E-state index contributed by atoms with van der Waals surface area (Å²) in [6.45, 7) is 8.85. The van der Waals surface area contributed by atoms with Crippen LogP contribution in [-0.4, -0.2) is 24.7 Å². The van der Waals surface area contributed by atoms with Gasteiger partial charge in [0.25, 0.3) is 5.56 Å². The Balaban J connectivity index is 1.98. The minimum atomic E-state index is -0.0636. The zero-order valence-corrected chi connectivity index (χ0v) is 14.5. The summed E-state index contributed by atoms with van der Waals surface area (Å²) in [5, 5.41) is 9.57. The first-order valence-electron chi connectivity index (χ1n) is 7.05. The summed E-state index contributed by atoms with van der Waals surface area (Å²) < 4.78 is 1.97. The van der Waals surface area contributed by atoms with Gasteiger partial charge in [-0.05, 0) is 33.3 Å². The van der Waals surface area contributed by atoms with Gasteiger partial charge in [-0.2, -0.15) is 0 Å². The Labute approximate surface area is 136 Å². The van der Waals surface area contributed by atoms with Crippen molar-refractivity contribution in [3.63, 3.8) is 0 Å². The molecule has 0 aliphatic heterocycles. The summed E-state index contributed by atoms with van der Waals surface area (Å²) >= 11 is 3.11. The first-order valence-corrected chi connectivity index (χ1v) is 8.75. The van der Waals surface area contributed by atoms with Crippen LogP contribution < -0.4 is 5.56 Å². The first kappa shape index (κ1) is 15.2. The zero-order chi connectivity index (χ0) is 15.9. The molecular formula is C14H17N5OS2. The van der Waals surface area contributed by atoms with E-state index < -0.39 is 0 Å². The number of nitrogens with zero attached hydrogens (tertiary/aromatic N) is 4. The van der Waals surface area contributed by atoms with Gasteiger partial charge in [0, 0.05) is 11.4 Å². The first-order chi connectivity index (χ1) is 10.5. The standard InChI is InChI=1S/C14H17N5OS2/c1-5-19-6-15-18-14(19)22-9(4)11-16-12(20)10-7(2)8(3)21-13(10)17-11/h6,9H,5H2,1-4H3,(H,16,17,20). The third-order valence-corrected chi connectivity index (χ3v) is 5.85. The van der Waals surface area contributed by atoms with E-state index in [4.69, 9.17) is 0 Å². The molecule has 3 aromatic heterocycles. The molecule has 1 unspecified atom stereocenters. The number of aromatic amines is 1. The van der Waals surface area contributed by atoms with Crippen LogP contribution in [-0.2, 0) is 6.54 Å². The Morgan fingerprint density at radius 3 is 2.95 bits per heavy atom. The second kappa shape index (κ2) is 5.85.